The number of nitrogens with one attached hydrogen (secondary N) is 2. The standard InChI is InChI=1S/C16H22N4O3S.ClH/c1-12-14(6-5-9-17-12)19-24(21,22)13-10-18-20(11-13)15-7-3-4-8-16(15)23-2;/h3-4,7-8,10-12,14,17,19H,5-6,9H2,1-2H3;1H. The summed E-state index contributed by atoms with van der Waals surface area (Å²) in [5, 5.41) is 7.46. The van der Waals surface area contributed by atoms with Crippen molar-refractivity contribution in [2.24, 2.45) is 0 Å². The number of sulfonamides is 1. The Balaban J connectivity index is 0.00000225. The van der Waals surface area contributed by atoms with Crippen LogP contribution in [-0.4, -0.2) is 43.9 Å². The number of aromatic nitrogens is 2. The minimum Gasteiger partial charge on any atom is -0.494 e. The second-order valence-electron chi connectivity index (χ2n) is 5.91. The number of piperidine rings is 1. The fraction of sp³-hybridized carbons (Fsp3) is 0.438. The largest absolute Gasteiger partial charge is 0.494 e. The van der Waals surface area contributed by atoms with Crippen molar-refractivity contribution in [2.75, 3.05) is 13.7 Å². The summed E-state index contributed by atoms with van der Waals surface area (Å²) in [5.74, 6) is 0.627. The first-order chi connectivity index (χ1) is 11.5. The van der Waals surface area contributed by atoms with Gasteiger partial charge in [0.25, 0.3) is 0 Å². The first kappa shape index (κ1) is 19.7. The smallest absolute Gasteiger partial charge is 0.244 e. The van der Waals surface area contributed by atoms with E-state index in [2.05, 4.69) is 15.1 Å². The molecule has 2 heterocycles. The van der Waals surface area contributed by atoms with Gasteiger partial charge in [-0.2, -0.15) is 5.10 Å². The zero-order valence-corrected chi connectivity index (χ0v) is 15.8. The van der Waals surface area contributed by atoms with Crippen LogP contribution >= 0.6 is 12.4 Å². The summed E-state index contributed by atoms with van der Waals surface area (Å²) < 4.78 is 34.8. The van der Waals surface area contributed by atoms with Crippen LogP contribution in [0.5, 0.6) is 5.75 Å². The summed E-state index contributed by atoms with van der Waals surface area (Å²) >= 11 is 0. The SMILES string of the molecule is COc1ccccc1-n1cc(S(=O)(=O)NC2CCCNC2C)cn1.Cl. The highest BCUT2D eigenvalue weighted by Crippen LogP contribution is 2.23. The molecule has 0 amide bonds. The van der Waals surface area contributed by atoms with Crippen LogP contribution in [0.4, 0.5) is 0 Å². The molecule has 1 fully saturated rings. The van der Waals surface area contributed by atoms with Gasteiger partial charge in [-0.15, -0.1) is 12.4 Å². The number of hydrogen-bond donors (Lipinski definition) is 2. The van der Waals surface area contributed by atoms with E-state index in [1.54, 1.807) is 13.2 Å². The molecule has 1 aliphatic heterocycles. The molecule has 0 spiro atoms. The van der Waals surface area contributed by atoms with Crippen LogP contribution in [0, 0.1) is 0 Å². The third-order valence-electron chi connectivity index (χ3n) is 4.27. The Hall–Kier alpha value is -1.61. The summed E-state index contributed by atoms with van der Waals surface area (Å²) in [6.07, 6.45) is 4.64. The molecule has 1 aromatic heterocycles. The predicted octanol–water partition coefficient (Wildman–Crippen LogP) is 1.72. The van der Waals surface area contributed by atoms with Gasteiger partial charge in [0.05, 0.1) is 19.5 Å². The molecule has 0 aliphatic carbocycles. The summed E-state index contributed by atoms with van der Waals surface area (Å²) in [6, 6.07) is 7.32. The van der Waals surface area contributed by atoms with Crippen LogP contribution in [0.3, 0.4) is 0 Å². The second-order valence-corrected chi connectivity index (χ2v) is 7.62. The Kier molecular flexibility index (Phi) is 6.45. The summed E-state index contributed by atoms with van der Waals surface area (Å²) in [4.78, 5) is 0.145. The normalized spacial score (nSPS) is 20.7. The highest BCUT2D eigenvalue weighted by molar-refractivity contribution is 7.89. The average molecular weight is 387 g/mol. The van der Waals surface area contributed by atoms with Crippen molar-refractivity contribution in [1.82, 2.24) is 19.8 Å². The highest BCUT2D eigenvalue weighted by atomic mass is 35.5. The molecule has 1 aromatic carbocycles. The van der Waals surface area contributed by atoms with Crippen LogP contribution in [0.15, 0.2) is 41.6 Å². The molecule has 0 saturated carbocycles. The fourth-order valence-corrected chi connectivity index (χ4v) is 4.15. The van der Waals surface area contributed by atoms with E-state index in [1.807, 2.05) is 25.1 Å². The van der Waals surface area contributed by atoms with Gasteiger partial charge in [0, 0.05) is 12.1 Å². The van der Waals surface area contributed by atoms with Crippen molar-refractivity contribution in [3.05, 3.63) is 36.7 Å². The average Bonchev–Trinajstić information content (AvgIpc) is 3.07. The molecule has 25 heavy (non-hydrogen) atoms. The highest BCUT2D eigenvalue weighted by Gasteiger charge is 2.27. The molecule has 138 valence electrons. The molecule has 2 atom stereocenters. The number of rotatable bonds is 5. The molecular weight excluding hydrogens is 364 g/mol. The fourth-order valence-electron chi connectivity index (χ4n) is 2.87. The van der Waals surface area contributed by atoms with Gasteiger partial charge in [0.15, 0.2) is 0 Å². The summed E-state index contributed by atoms with van der Waals surface area (Å²) in [7, 11) is -2.05. The number of methoxy groups -OCH3 is 1. The Morgan fingerprint density at radius 2 is 2.12 bits per heavy atom. The number of para-hydroxylation sites is 2. The maximum absolute atomic E-state index is 12.6. The lowest BCUT2D eigenvalue weighted by atomic mass is 10.0. The van der Waals surface area contributed by atoms with E-state index in [9.17, 15) is 8.42 Å². The van der Waals surface area contributed by atoms with Gasteiger partial charge in [-0.3, -0.25) is 0 Å². The van der Waals surface area contributed by atoms with E-state index in [-0.39, 0.29) is 29.4 Å². The zero-order chi connectivity index (χ0) is 17.2. The monoisotopic (exact) mass is 386 g/mol. The summed E-state index contributed by atoms with van der Waals surface area (Å²) in [5.41, 5.74) is 0.689. The van der Waals surface area contributed by atoms with Crippen LogP contribution in [-0.2, 0) is 10.0 Å². The van der Waals surface area contributed by atoms with Crippen LogP contribution < -0.4 is 14.8 Å². The lowest BCUT2D eigenvalue weighted by Crippen LogP contribution is -2.51. The van der Waals surface area contributed by atoms with Gasteiger partial charge >= 0.3 is 0 Å². The van der Waals surface area contributed by atoms with Gasteiger partial charge in [0.2, 0.25) is 10.0 Å². The molecule has 2 N–H and O–H groups in total. The second kappa shape index (κ2) is 8.18. The predicted molar refractivity (Wildman–Crippen MR) is 98.2 cm³/mol. The molecule has 2 aromatic rings. The van der Waals surface area contributed by atoms with Gasteiger partial charge in [-0.05, 0) is 38.4 Å². The zero-order valence-electron chi connectivity index (χ0n) is 14.2. The molecule has 0 radical (unpaired) electrons. The lowest BCUT2D eigenvalue weighted by Gasteiger charge is -2.30. The van der Waals surface area contributed by atoms with Crippen LogP contribution in [0.1, 0.15) is 19.8 Å². The molecular formula is C16H23ClN4O3S. The third kappa shape index (κ3) is 4.33. The number of ether oxygens (including phenoxy) is 1. The molecule has 2 unspecified atom stereocenters. The Labute approximate surface area is 154 Å². The molecule has 9 heteroatoms. The minimum absolute atomic E-state index is 0. The Morgan fingerprint density at radius 3 is 2.84 bits per heavy atom. The Morgan fingerprint density at radius 1 is 1.36 bits per heavy atom. The van der Waals surface area contributed by atoms with Crippen molar-refractivity contribution in [2.45, 2.75) is 36.7 Å². The number of nitrogens with zero attached hydrogens (tertiary/aromatic N) is 2. The van der Waals surface area contributed by atoms with Crippen LogP contribution in [0.25, 0.3) is 5.69 Å². The van der Waals surface area contributed by atoms with Crippen molar-refractivity contribution in [3.8, 4) is 11.4 Å². The molecule has 0 bridgehead atoms. The van der Waals surface area contributed by atoms with Crippen molar-refractivity contribution >= 4 is 22.4 Å². The Bertz CT molecular complexity index is 809. The van der Waals surface area contributed by atoms with Crippen molar-refractivity contribution < 1.29 is 13.2 Å². The third-order valence-corrected chi connectivity index (χ3v) is 5.71. The van der Waals surface area contributed by atoms with E-state index in [1.165, 1.54) is 17.1 Å². The molecule has 3 rings (SSSR count). The van der Waals surface area contributed by atoms with E-state index in [0.29, 0.717) is 11.4 Å². The van der Waals surface area contributed by atoms with Gasteiger partial charge < -0.3 is 10.1 Å². The van der Waals surface area contributed by atoms with E-state index in [0.717, 1.165) is 19.4 Å². The minimum atomic E-state index is -3.61. The summed E-state index contributed by atoms with van der Waals surface area (Å²) in [6.45, 7) is 2.91. The molecule has 1 saturated heterocycles. The quantitative estimate of drug-likeness (QED) is 0.817. The van der Waals surface area contributed by atoms with Crippen molar-refractivity contribution in [1.29, 1.82) is 0 Å². The van der Waals surface area contributed by atoms with Crippen molar-refractivity contribution in [3.63, 3.8) is 0 Å². The first-order valence-corrected chi connectivity index (χ1v) is 9.43. The van der Waals surface area contributed by atoms with E-state index >= 15 is 0 Å². The van der Waals surface area contributed by atoms with Crippen LogP contribution in [0.2, 0.25) is 0 Å². The molecule has 7 nitrogen and oxygen atoms in total. The topological polar surface area (TPSA) is 85.2 Å². The maximum Gasteiger partial charge on any atom is 0.244 e. The number of hydrogen-bond acceptors (Lipinski definition) is 5. The first-order valence-electron chi connectivity index (χ1n) is 7.95. The molecule has 1 aliphatic rings. The van der Waals surface area contributed by atoms with Gasteiger partial charge in [-0.25, -0.2) is 17.8 Å². The van der Waals surface area contributed by atoms with E-state index in [4.69, 9.17) is 4.74 Å². The number of benzene rings is 1. The number of halogens is 1. The van der Waals surface area contributed by atoms with Gasteiger partial charge in [-0.1, -0.05) is 12.1 Å². The van der Waals surface area contributed by atoms with Gasteiger partial charge in [0.1, 0.15) is 16.3 Å². The van der Waals surface area contributed by atoms with E-state index < -0.39 is 10.0 Å². The maximum atomic E-state index is 12.6. The lowest BCUT2D eigenvalue weighted by molar-refractivity contribution is 0.349.